The predicted molar refractivity (Wildman–Crippen MR) is 137 cm³/mol. The van der Waals surface area contributed by atoms with Crippen molar-refractivity contribution < 1.29 is 9.90 Å². The van der Waals surface area contributed by atoms with Gasteiger partial charge in [-0.3, -0.25) is 9.69 Å². The highest BCUT2D eigenvalue weighted by Crippen LogP contribution is 2.42. The number of para-hydroxylation sites is 2. The molecule has 6 nitrogen and oxygen atoms in total. The van der Waals surface area contributed by atoms with Crippen LogP contribution in [0.5, 0.6) is 0 Å². The molecule has 34 heavy (non-hydrogen) atoms. The predicted octanol–water partition coefficient (Wildman–Crippen LogP) is 6.18. The molecule has 1 aromatic heterocycles. The molecule has 0 radical (unpaired) electrons. The van der Waals surface area contributed by atoms with E-state index in [0.717, 1.165) is 18.4 Å². The lowest BCUT2D eigenvalue weighted by Crippen LogP contribution is -2.57. The number of benzene rings is 1. The molecule has 3 heterocycles. The fourth-order valence-corrected chi connectivity index (χ4v) is 6.94. The Morgan fingerprint density at radius 3 is 1.97 bits per heavy atom. The third-order valence-corrected chi connectivity index (χ3v) is 8.37. The van der Waals surface area contributed by atoms with E-state index in [0.29, 0.717) is 23.6 Å². The van der Waals surface area contributed by atoms with Crippen molar-refractivity contribution in [3.05, 3.63) is 40.3 Å². The van der Waals surface area contributed by atoms with Gasteiger partial charge in [0, 0.05) is 24.2 Å². The third-order valence-electron chi connectivity index (χ3n) is 8.37. The second-order valence-corrected chi connectivity index (χ2v) is 10.4. The standard InChI is InChI=1S/C27H37N3O3.CH4/c31-26-25(27(32)33)28-23-15-8-9-16-24(23)30(26)22-17-20-13-10-14-21(18-22)29(20)19-11-6-4-2-1-3-5-7-12-19;/h8-9,15-16,19-22H,1-7,10-14,17-18H2,(H,32,33);1H4/t20-,21+,22?;. The van der Waals surface area contributed by atoms with Crippen LogP contribution in [0.2, 0.25) is 0 Å². The minimum atomic E-state index is -1.24. The first-order valence-electron chi connectivity index (χ1n) is 13.2. The van der Waals surface area contributed by atoms with Crippen LogP contribution in [-0.4, -0.2) is 43.7 Å². The molecule has 1 aromatic carbocycles. The van der Waals surface area contributed by atoms with E-state index in [1.165, 1.54) is 77.0 Å². The molecule has 1 aliphatic carbocycles. The first-order valence-corrected chi connectivity index (χ1v) is 13.2. The number of piperidine rings is 2. The second-order valence-electron chi connectivity index (χ2n) is 10.4. The Morgan fingerprint density at radius 1 is 0.794 bits per heavy atom. The van der Waals surface area contributed by atoms with Crippen molar-refractivity contribution in [1.29, 1.82) is 0 Å². The first-order chi connectivity index (χ1) is 16.1. The highest BCUT2D eigenvalue weighted by molar-refractivity contribution is 5.88. The van der Waals surface area contributed by atoms with Gasteiger partial charge in [-0.2, -0.15) is 0 Å². The quantitative estimate of drug-likeness (QED) is 0.583. The molecule has 2 aliphatic heterocycles. The van der Waals surface area contributed by atoms with Crippen LogP contribution in [0.3, 0.4) is 0 Å². The monoisotopic (exact) mass is 467 g/mol. The maximum absolute atomic E-state index is 13.3. The summed E-state index contributed by atoms with van der Waals surface area (Å²) in [5.41, 5.74) is 0.558. The van der Waals surface area contributed by atoms with Gasteiger partial charge in [-0.25, -0.2) is 9.78 Å². The molecule has 2 saturated heterocycles. The van der Waals surface area contributed by atoms with Gasteiger partial charge in [-0.1, -0.05) is 70.9 Å². The van der Waals surface area contributed by atoms with Crippen LogP contribution in [0.25, 0.3) is 11.0 Å². The number of carbonyl (C=O) groups is 1. The van der Waals surface area contributed by atoms with Gasteiger partial charge in [0.1, 0.15) is 0 Å². The Morgan fingerprint density at radius 2 is 1.35 bits per heavy atom. The van der Waals surface area contributed by atoms with Gasteiger partial charge in [0.15, 0.2) is 0 Å². The molecule has 0 amide bonds. The van der Waals surface area contributed by atoms with Gasteiger partial charge in [0.05, 0.1) is 11.0 Å². The summed E-state index contributed by atoms with van der Waals surface area (Å²) in [5, 5.41) is 9.63. The number of rotatable bonds is 3. The van der Waals surface area contributed by atoms with E-state index in [1.54, 1.807) is 4.57 Å². The van der Waals surface area contributed by atoms with E-state index >= 15 is 0 Å². The summed E-state index contributed by atoms with van der Waals surface area (Å²) in [6, 6.07) is 9.18. The van der Waals surface area contributed by atoms with Crippen LogP contribution in [0.15, 0.2) is 29.1 Å². The number of fused-ring (bicyclic) bond motifs is 3. The zero-order valence-corrected chi connectivity index (χ0v) is 19.6. The first kappa shape index (κ1) is 24.9. The molecule has 3 aliphatic rings. The Bertz CT molecular complexity index is 1020. The van der Waals surface area contributed by atoms with Crippen LogP contribution in [0, 0.1) is 0 Å². The van der Waals surface area contributed by atoms with Crippen molar-refractivity contribution >= 4 is 17.0 Å². The molecule has 186 valence electrons. The lowest BCUT2D eigenvalue weighted by atomic mass is 9.79. The van der Waals surface area contributed by atoms with Gasteiger partial charge in [-0.05, 0) is 50.7 Å². The van der Waals surface area contributed by atoms with E-state index < -0.39 is 11.5 Å². The van der Waals surface area contributed by atoms with Crippen molar-refractivity contribution in [3.63, 3.8) is 0 Å². The average molecular weight is 468 g/mol. The smallest absolute Gasteiger partial charge is 0.360 e. The fourth-order valence-electron chi connectivity index (χ4n) is 6.94. The number of carboxylic acid groups (broad SMARTS) is 1. The summed E-state index contributed by atoms with van der Waals surface area (Å²) in [7, 11) is 0. The molecular weight excluding hydrogens is 426 g/mol. The number of hydrogen-bond acceptors (Lipinski definition) is 4. The fraction of sp³-hybridized carbons (Fsp3) is 0.679. The molecule has 1 unspecified atom stereocenters. The molecule has 1 N–H and O–H groups in total. The zero-order valence-electron chi connectivity index (χ0n) is 19.6. The maximum atomic E-state index is 13.3. The maximum Gasteiger partial charge on any atom is 0.360 e. The number of aromatic nitrogens is 2. The summed E-state index contributed by atoms with van der Waals surface area (Å²) in [5.74, 6) is -1.24. The van der Waals surface area contributed by atoms with Gasteiger partial charge < -0.3 is 9.67 Å². The van der Waals surface area contributed by atoms with Crippen LogP contribution >= 0.6 is 0 Å². The third kappa shape index (κ3) is 4.93. The van der Waals surface area contributed by atoms with Crippen LogP contribution in [-0.2, 0) is 0 Å². The molecule has 2 bridgehead atoms. The van der Waals surface area contributed by atoms with E-state index in [-0.39, 0.29) is 19.2 Å². The van der Waals surface area contributed by atoms with E-state index in [9.17, 15) is 14.7 Å². The Balaban J connectivity index is 0.00000274. The molecule has 3 atom stereocenters. The highest BCUT2D eigenvalue weighted by Gasteiger charge is 2.42. The van der Waals surface area contributed by atoms with Gasteiger partial charge in [-0.15, -0.1) is 0 Å². The van der Waals surface area contributed by atoms with Crippen molar-refractivity contribution in [2.75, 3.05) is 0 Å². The highest BCUT2D eigenvalue weighted by atomic mass is 16.4. The van der Waals surface area contributed by atoms with Crippen molar-refractivity contribution in [2.45, 2.75) is 121 Å². The Labute approximate surface area is 203 Å². The lowest BCUT2D eigenvalue weighted by molar-refractivity contribution is -0.0239. The van der Waals surface area contributed by atoms with Gasteiger partial charge in [0.2, 0.25) is 5.69 Å². The van der Waals surface area contributed by atoms with Crippen molar-refractivity contribution in [2.24, 2.45) is 0 Å². The minimum Gasteiger partial charge on any atom is -0.476 e. The topological polar surface area (TPSA) is 75.4 Å². The molecule has 1 saturated carbocycles. The summed E-state index contributed by atoms with van der Waals surface area (Å²) in [6.45, 7) is 0. The number of hydrogen-bond donors (Lipinski definition) is 1. The molecule has 3 fully saturated rings. The lowest BCUT2D eigenvalue weighted by Gasteiger charge is -2.53. The van der Waals surface area contributed by atoms with E-state index in [2.05, 4.69) is 9.88 Å². The van der Waals surface area contributed by atoms with Crippen LogP contribution in [0.4, 0.5) is 0 Å². The number of nitrogens with zero attached hydrogens (tertiary/aromatic N) is 3. The van der Waals surface area contributed by atoms with Gasteiger partial charge in [0.25, 0.3) is 5.56 Å². The summed E-state index contributed by atoms with van der Waals surface area (Å²) < 4.78 is 1.78. The Kier molecular flexibility index (Phi) is 8.07. The summed E-state index contributed by atoms with van der Waals surface area (Å²) in [4.78, 5) is 32.1. The summed E-state index contributed by atoms with van der Waals surface area (Å²) in [6.07, 6.45) is 17.7. The number of aromatic carboxylic acids is 1. The van der Waals surface area contributed by atoms with E-state index in [1.807, 2.05) is 24.3 Å². The normalized spacial score (nSPS) is 27.1. The molecule has 5 rings (SSSR count). The zero-order chi connectivity index (χ0) is 22.8. The largest absolute Gasteiger partial charge is 0.476 e. The average Bonchev–Trinajstić information content (AvgIpc) is 2.81. The second kappa shape index (κ2) is 11.0. The van der Waals surface area contributed by atoms with Crippen molar-refractivity contribution in [3.8, 4) is 0 Å². The van der Waals surface area contributed by atoms with Gasteiger partial charge >= 0.3 is 5.97 Å². The van der Waals surface area contributed by atoms with Crippen molar-refractivity contribution in [1.82, 2.24) is 14.5 Å². The SMILES string of the molecule is C.O=C(O)c1nc2ccccc2n(C2C[C@H]3CCC[C@@H](C2)N3C2CCCCCCCCC2)c1=O. The molecular formula is C28H41N3O3. The summed E-state index contributed by atoms with van der Waals surface area (Å²) >= 11 is 0. The van der Waals surface area contributed by atoms with Crippen LogP contribution in [0.1, 0.15) is 114 Å². The molecule has 6 heteroatoms. The number of carboxylic acids is 1. The van der Waals surface area contributed by atoms with E-state index in [4.69, 9.17) is 0 Å². The minimum absolute atomic E-state index is 0. The Hall–Kier alpha value is -2.21. The molecule has 2 aromatic rings. The van der Waals surface area contributed by atoms with Crippen LogP contribution < -0.4 is 5.56 Å². The molecule has 0 spiro atoms.